The first-order valence-electron chi connectivity index (χ1n) is 12.7. The average molecular weight is 492 g/mol. The Hall–Kier alpha value is -5.09. The van der Waals surface area contributed by atoms with Crippen LogP contribution in [0.4, 0.5) is 0 Å². The summed E-state index contributed by atoms with van der Waals surface area (Å²) in [6.07, 6.45) is 1.97. The first-order valence-corrected chi connectivity index (χ1v) is 12.7. The van der Waals surface area contributed by atoms with Crippen molar-refractivity contribution in [1.29, 1.82) is 0 Å². The number of hydrogen-bond acceptors (Lipinski definition) is 3. The lowest BCUT2D eigenvalue weighted by Gasteiger charge is -2.08. The maximum atomic E-state index is 6.52. The normalized spacial score (nSPS) is 12.7. The van der Waals surface area contributed by atoms with Crippen LogP contribution in [0.25, 0.3) is 49.4 Å². The Morgan fingerprint density at radius 3 is 2.11 bits per heavy atom. The molecule has 0 aliphatic heterocycles. The van der Waals surface area contributed by atoms with E-state index in [1.54, 1.807) is 0 Å². The van der Waals surface area contributed by atoms with Crippen molar-refractivity contribution in [2.75, 3.05) is 0 Å². The van der Waals surface area contributed by atoms with E-state index in [1.165, 1.54) is 0 Å². The molecule has 0 saturated carbocycles. The number of allylic oxidation sites excluding steroid dienone is 1. The van der Waals surface area contributed by atoms with Crippen LogP contribution in [-0.2, 0) is 6.67 Å². The molecule has 7 rings (SSSR count). The minimum Gasteiger partial charge on any atom is -0.455 e. The molecule has 0 bridgehead atoms. The maximum Gasteiger partial charge on any atom is 0.145 e. The van der Waals surface area contributed by atoms with Gasteiger partial charge in [-0.1, -0.05) is 97.1 Å². The largest absolute Gasteiger partial charge is 0.455 e. The second-order valence-electron chi connectivity index (χ2n) is 9.40. The summed E-state index contributed by atoms with van der Waals surface area (Å²) in [4.78, 5) is 5.12. The average Bonchev–Trinajstić information content (AvgIpc) is 3.51. The van der Waals surface area contributed by atoms with E-state index in [1.807, 2.05) is 66.7 Å². The van der Waals surface area contributed by atoms with E-state index in [4.69, 9.17) is 15.1 Å². The molecule has 0 fully saturated rings. The standard InChI is InChI=1S/C34H25N3O/c35-28(23-11-3-1-4-12-23)21-29(24-13-5-2-6-14-24)36-22-37-30-17-9-7-16-27(30)33-31(37)20-19-26-25-15-8-10-18-32(25)38-34(26)33/h1-21H,22,35H2. The molecular formula is C34H25N3O. The number of furan rings is 1. The van der Waals surface area contributed by atoms with E-state index < -0.39 is 0 Å². The molecule has 0 saturated heterocycles. The SMILES string of the molecule is NC(=CC(=NCn1c2ccccc2c2c3oc4ccccc4c3ccc21)c1ccccc1)c1ccccc1. The van der Waals surface area contributed by atoms with Crippen molar-refractivity contribution in [2.45, 2.75) is 6.67 Å². The zero-order valence-electron chi connectivity index (χ0n) is 20.7. The van der Waals surface area contributed by atoms with Crippen molar-refractivity contribution >= 4 is 55.2 Å². The minimum absolute atomic E-state index is 0.443. The first kappa shape index (κ1) is 22.1. The quantitative estimate of drug-likeness (QED) is 0.247. The molecule has 0 spiro atoms. The van der Waals surface area contributed by atoms with Gasteiger partial charge in [0.1, 0.15) is 17.8 Å². The summed E-state index contributed by atoms with van der Waals surface area (Å²) < 4.78 is 8.67. The van der Waals surface area contributed by atoms with Crippen molar-refractivity contribution < 1.29 is 4.42 Å². The lowest BCUT2D eigenvalue weighted by Crippen LogP contribution is -2.06. The molecule has 2 heterocycles. The molecule has 0 atom stereocenters. The van der Waals surface area contributed by atoms with Crippen LogP contribution < -0.4 is 5.73 Å². The van der Waals surface area contributed by atoms with Gasteiger partial charge in [0.15, 0.2) is 0 Å². The highest BCUT2D eigenvalue weighted by molar-refractivity contribution is 6.23. The number of rotatable bonds is 5. The van der Waals surface area contributed by atoms with Gasteiger partial charge in [-0.15, -0.1) is 0 Å². The third-order valence-electron chi connectivity index (χ3n) is 7.13. The summed E-state index contributed by atoms with van der Waals surface area (Å²) in [7, 11) is 0. The molecule has 182 valence electrons. The monoisotopic (exact) mass is 491 g/mol. The van der Waals surface area contributed by atoms with Crippen LogP contribution >= 0.6 is 0 Å². The van der Waals surface area contributed by atoms with Crippen LogP contribution in [0.3, 0.4) is 0 Å². The Kier molecular flexibility index (Phi) is 5.30. The zero-order valence-corrected chi connectivity index (χ0v) is 20.7. The number of aliphatic imine (C=N–C) groups is 1. The highest BCUT2D eigenvalue weighted by Gasteiger charge is 2.17. The van der Waals surface area contributed by atoms with E-state index in [-0.39, 0.29) is 0 Å². The predicted octanol–water partition coefficient (Wildman–Crippen LogP) is 8.14. The van der Waals surface area contributed by atoms with E-state index in [0.717, 1.165) is 60.6 Å². The van der Waals surface area contributed by atoms with Gasteiger partial charge in [0.05, 0.1) is 22.1 Å². The van der Waals surface area contributed by atoms with Gasteiger partial charge in [0, 0.05) is 21.9 Å². The molecule has 2 aromatic heterocycles. The van der Waals surface area contributed by atoms with Gasteiger partial charge in [0.2, 0.25) is 0 Å². The molecule has 2 N–H and O–H groups in total. The molecule has 4 heteroatoms. The maximum absolute atomic E-state index is 6.52. The topological polar surface area (TPSA) is 56.4 Å². The van der Waals surface area contributed by atoms with E-state index in [0.29, 0.717) is 12.4 Å². The van der Waals surface area contributed by atoms with Gasteiger partial charge in [-0.2, -0.15) is 0 Å². The predicted molar refractivity (Wildman–Crippen MR) is 158 cm³/mol. The number of fused-ring (bicyclic) bond motifs is 7. The van der Waals surface area contributed by atoms with Gasteiger partial charge in [0.25, 0.3) is 0 Å². The van der Waals surface area contributed by atoms with Crippen LogP contribution in [-0.4, -0.2) is 10.3 Å². The first-order chi connectivity index (χ1) is 18.8. The van der Waals surface area contributed by atoms with Crippen LogP contribution in [0.2, 0.25) is 0 Å². The van der Waals surface area contributed by atoms with Gasteiger partial charge in [-0.3, -0.25) is 4.99 Å². The van der Waals surface area contributed by atoms with E-state index >= 15 is 0 Å². The second kappa shape index (κ2) is 9.09. The molecule has 4 nitrogen and oxygen atoms in total. The lowest BCUT2D eigenvalue weighted by atomic mass is 10.1. The molecule has 0 aliphatic carbocycles. The Balaban J connectivity index is 1.42. The Bertz CT molecular complexity index is 1990. The smallest absolute Gasteiger partial charge is 0.145 e. The van der Waals surface area contributed by atoms with Crippen LogP contribution in [0.5, 0.6) is 0 Å². The van der Waals surface area contributed by atoms with Gasteiger partial charge in [-0.05, 0) is 41.5 Å². The number of aromatic nitrogens is 1. The summed E-state index contributed by atoms with van der Waals surface area (Å²) in [6, 6.07) is 41.2. The van der Waals surface area contributed by atoms with Gasteiger partial charge < -0.3 is 14.7 Å². The highest BCUT2D eigenvalue weighted by Crippen LogP contribution is 2.39. The molecule has 5 aromatic carbocycles. The van der Waals surface area contributed by atoms with Crippen LogP contribution in [0, 0.1) is 0 Å². The van der Waals surface area contributed by atoms with Crippen molar-refractivity contribution in [1.82, 2.24) is 4.57 Å². The highest BCUT2D eigenvalue weighted by atomic mass is 16.3. The Morgan fingerprint density at radius 1 is 0.658 bits per heavy atom. The van der Waals surface area contributed by atoms with Gasteiger partial charge in [-0.25, -0.2) is 0 Å². The molecule has 7 aromatic rings. The number of nitrogens with zero attached hydrogens (tertiary/aromatic N) is 2. The summed E-state index contributed by atoms with van der Waals surface area (Å²) >= 11 is 0. The Labute approximate surface area is 219 Å². The number of hydrogen-bond donors (Lipinski definition) is 1. The summed E-state index contributed by atoms with van der Waals surface area (Å²) in [5, 5.41) is 4.53. The fourth-order valence-corrected chi connectivity index (χ4v) is 5.30. The molecule has 0 aliphatic rings. The molecule has 0 radical (unpaired) electrons. The number of benzene rings is 5. The van der Waals surface area contributed by atoms with Crippen molar-refractivity contribution in [3.05, 3.63) is 139 Å². The molecule has 0 unspecified atom stereocenters. The Morgan fingerprint density at radius 2 is 1.32 bits per heavy atom. The van der Waals surface area contributed by atoms with Crippen LogP contribution in [0.1, 0.15) is 11.1 Å². The third-order valence-corrected chi connectivity index (χ3v) is 7.13. The fraction of sp³-hybridized carbons (Fsp3) is 0.0294. The van der Waals surface area contributed by atoms with Crippen molar-refractivity contribution in [3.8, 4) is 0 Å². The summed E-state index contributed by atoms with van der Waals surface area (Å²) in [6.45, 7) is 0.443. The second-order valence-corrected chi connectivity index (χ2v) is 9.40. The van der Waals surface area contributed by atoms with Crippen LogP contribution in [0.15, 0.2) is 137 Å². The fourth-order valence-electron chi connectivity index (χ4n) is 5.30. The molecule has 38 heavy (non-hydrogen) atoms. The molecule has 0 amide bonds. The third kappa shape index (κ3) is 3.66. The van der Waals surface area contributed by atoms with E-state index in [9.17, 15) is 0 Å². The van der Waals surface area contributed by atoms with Crippen molar-refractivity contribution in [3.63, 3.8) is 0 Å². The van der Waals surface area contributed by atoms with Crippen molar-refractivity contribution in [2.24, 2.45) is 10.7 Å². The zero-order chi connectivity index (χ0) is 25.5. The lowest BCUT2D eigenvalue weighted by molar-refractivity contribution is 0.672. The number of para-hydroxylation sites is 2. The number of nitrogens with two attached hydrogens (primary N) is 1. The van der Waals surface area contributed by atoms with E-state index in [2.05, 4.69) is 65.2 Å². The summed E-state index contributed by atoms with van der Waals surface area (Å²) in [5.41, 5.74) is 14.1. The summed E-state index contributed by atoms with van der Waals surface area (Å²) in [5.74, 6) is 0. The molecular weight excluding hydrogens is 466 g/mol. The minimum atomic E-state index is 0.443. The van der Waals surface area contributed by atoms with Gasteiger partial charge >= 0.3 is 0 Å².